The third kappa shape index (κ3) is 2.36. The van der Waals surface area contributed by atoms with E-state index < -0.39 is 13.4 Å². The fourth-order valence-corrected chi connectivity index (χ4v) is 4.36. The monoisotopic (exact) mass is 343 g/mol. The summed E-state index contributed by atoms with van der Waals surface area (Å²) in [6.45, 7) is 2.07. The van der Waals surface area contributed by atoms with Crippen molar-refractivity contribution in [2.75, 3.05) is 13.7 Å². The van der Waals surface area contributed by atoms with Crippen LogP contribution >= 0.6 is 7.60 Å². The van der Waals surface area contributed by atoms with Gasteiger partial charge >= 0.3 is 13.7 Å². The van der Waals surface area contributed by atoms with Crippen LogP contribution in [-0.2, 0) is 18.3 Å². The average molecular weight is 343 g/mol. The maximum atomic E-state index is 12.3. The molecule has 6 heteroatoms. The van der Waals surface area contributed by atoms with Crippen LogP contribution in [0.1, 0.15) is 24.0 Å². The molecule has 2 atom stereocenters. The molecule has 0 saturated carbocycles. The van der Waals surface area contributed by atoms with Crippen molar-refractivity contribution in [1.82, 2.24) is 0 Å². The molecule has 24 heavy (non-hydrogen) atoms. The van der Waals surface area contributed by atoms with Gasteiger partial charge in [0.05, 0.1) is 0 Å². The molecule has 2 aromatic rings. The molecule has 0 saturated heterocycles. The number of benzene rings is 2. The van der Waals surface area contributed by atoms with Crippen molar-refractivity contribution < 1.29 is 18.3 Å². The van der Waals surface area contributed by atoms with Crippen LogP contribution in [0.3, 0.4) is 0 Å². The van der Waals surface area contributed by atoms with Crippen molar-refractivity contribution in [3.8, 4) is 11.1 Å². The van der Waals surface area contributed by atoms with Gasteiger partial charge in [-0.3, -0.25) is 0 Å². The van der Waals surface area contributed by atoms with Gasteiger partial charge in [-0.25, -0.2) is 4.57 Å². The molecule has 0 N–H and O–H groups in total. The van der Waals surface area contributed by atoms with E-state index in [9.17, 15) is 4.57 Å². The number of rotatable bonds is 3. The summed E-state index contributed by atoms with van der Waals surface area (Å²) in [6.07, 6.45) is 0.0505. The van der Waals surface area contributed by atoms with Crippen molar-refractivity contribution in [3.05, 3.63) is 59.7 Å². The fraction of sp³-hybridized carbons (Fsp3) is 0.278. The minimum atomic E-state index is -3.22. The molecule has 5 nitrogen and oxygen atoms in total. The van der Waals surface area contributed by atoms with Gasteiger partial charge < -0.3 is 13.8 Å². The molecule has 2 aliphatic rings. The minimum absolute atomic E-state index is 0.0505. The Morgan fingerprint density at radius 3 is 2.21 bits per heavy atom. The molecular weight excluding hydrogens is 325 g/mol. The quantitative estimate of drug-likeness (QED) is 0.776. The summed E-state index contributed by atoms with van der Waals surface area (Å²) in [4.78, 5) is 4.17. The first-order valence-electron chi connectivity index (χ1n) is 7.86. The van der Waals surface area contributed by atoms with E-state index in [0.717, 1.165) is 0 Å². The van der Waals surface area contributed by atoms with Gasteiger partial charge in [0, 0.05) is 13.0 Å². The van der Waals surface area contributed by atoms with Gasteiger partial charge in [0.25, 0.3) is 0 Å². The largest absolute Gasteiger partial charge is 0.449 e. The first-order chi connectivity index (χ1) is 11.6. The second-order valence-electron chi connectivity index (χ2n) is 5.88. The van der Waals surface area contributed by atoms with E-state index in [0.29, 0.717) is 6.61 Å². The molecular formula is C18H18NO4P. The van der Waals surface area contributed by atoms with E-state index in [1.165, 1.54) is 29.4 Å². The number of hydrogen-bond acceptors (Lipinski definition) is 5. The molecule has 0 aromatic heterocycles. The highest BCUT2D eigenvalue weighted by molar-refractivity contribution is 7.55. The summed E-state index contributed by atoms with van der Waals surface area (Å²) in [6, 6.07) is 16.6. The van der Waals surface area contributed by atoms with Crippen LogP contribution in [0.15, 0.2) is 53.5 Å². The van der Waals surface area contributed by atoms with Gasteiger partial charge in [0.1, 0.15) is 6.61 Å². The topological polar surface area (TPSA) is 57.1 Å². The molecule has 124 valence electrons. The molecule has 4 rings (SSSR count). The van der Waals surface area contributed by atoms with Gasteiger partial charge in [-0.1, -0.05) is 48.5 Å². The highest BCUT2D eigenvalue weighted by Gasteiger charge is 2.41. The Hall–Kier alpha value is -2.10. The number of fused-ring (bicyclic) bond motifs is 3. The molecule has 1 heterocycles. The fourth-order valence-electron chi connectivity index (χ4n) is 3.28. The lowest BCUT2D eigenvalue weighted by atomic mass is 9.98. The summed E-state index contributed by atoms with van der Waals surface area (Å²) in [5.74, 6) is -0.442. The first kappa shape index (κ1) is 15.4. The Balaban J connectivity index is 1.58. The second-order valence-corrected chi connectivity index (χ2v) is 8.25. The maximum absolute atomic E-state index is 12.3. The zero-order chi connectivity index (χ0) is 16.7. The third-order valence-electron chi connectivity index (χ3n) is 4.55. The summed E-state index contributed by atoms with van der Waals surface area (Å²) in [5, 5.41) is 0. The molecule has 0 spiro atoms. The predicted molar refractivity (Wildman–Crippen MR) is 92.3 cm³/mol. The van der Waals surface area contributed by atoms with Crippen LogP contribution in [0, 0.1) is 0 Å². The summed E-state index contributed by atoms with van der Waals surface area (Å²) >= 11 is 0. The van der Waals surface area contributed by atoms with Crippen LogP contribution in [0.5, 0.6) is 0 Å². The highest BCUT2D eigenvalue weighted by atomic mass is 31.2. The van der Waals surface area contributed by atoms with Crippen molar-refractivity contribution >= 4 is 13.7 Å². The van der Waals surface area contributed by atoms with E-state index in [-0.39, 0.29) is 12.0 Å². The number of aliphatic imine (C=N–C) groups is 1. The summed E-state index contributed by atoms with van der Waals surface area (Å²) in [5.41, 5.74) is 4.90. The van der Waals surface area contributed by atoms with E-state index in [1.807, 2.05) is 24.3 Å². The minimum Gasteiger partial charge on any atom is -0.449 e. The molecule has 0 bridgehead atoms. The standard InChI is InChI=1S/C18H18NO4P/c1-12-19-18(23-24(12,20)21-2)22-11-17-15-9-5-3-7-13(15)14-8-4-6-10-16(14)17/h3-10,12,17H,11H2,1-2H3/t12-,24?/m1/s1. The van der Waals surface area contributed by atoms with Gasteiger partial charge in [0.15, 0.2) is 5.78 Å². The zero-order valence-electron chi connectivity index (χ0n) is 13.5. The van der Waals surface area contributed by atoms with Crippen LogP contribution in [0.25, 0.3) is 11.1 Å². The molecule has 0 amide bonds. The van der Waals surface area contributed by atoms with Gasteiger partial charge in [-0.15, -0.1) is 0 Å². The van der Waals surface area contributed by atoms with E-state index in [4.69, 9.17) is 13.8 Å². The van der Waals surface area contributed by atoms with Crippen LogP contribution in [0.4, 0.5) is 0 Å². The van der Waals surface area contributed by atoms with Crippen LogP contribution in [0.2, 0.25) is 0 Å². The van der Waals surface area contributed by atoms with Crippen molar-refractivity contribution in [1.29, 1.82) is 0 Å². The third-order valence-corrected chi connectivity index (χ3v) is 6.50. The summed E-state index contributed by atoms with van der Waals surface area (Å²) < 4.78 is 28.3. The Labute approximate surface area is 140 Å². The molecule has 0 radical (unpaired) electrons. The number of ether oxygens (including phenoxy) is 1. The lowest BCUT2D eigenvalue weighted by Gasteiger charge is -2.15. The predicted octanol–water partition coefficient (Wildman–Crippen LogP) is 4.39. The SMILES string of the molecule is COP1(=O)OC(OCC2c3ccccc3-c3ccccc32)=N[C@H]1C. The van der Waals surface area contributed by atoms with Crippen LogP contribution in [-0.4, -0.2) is 25.6 Å². The van der Waals surface area contributed by atoms with E-state index in [1.54, 1.807) is 6.92 Å². The van der Waals surface area contributed by atoms with Crippen molar-refractivity contribution in [2.24, 2.45) is 4.99 Å². The maximum Gasteiger partial charge on any atom is 0.406 e. The molecule has 1 unspecified atom stereocenters. The van der Waals surface area contributed by atoms with Gasteiger partial charge in [-0.05, 0) is 29.2 Å². The Kier molecular flexibility index (Phi) is 3.70. The normalized spacial score (nSPS) is 24.9. The highest BCUT2D eigenvalue weighted by Crippen LogP contribution is 2.56. The molecule has 0 fully saturated rings. The van der Waals surface area contributed by atoms with Crippen molar-refractivity contribution in [2.45, 2.75) is 18.6 Å². The van der Waals surface area contributed by atoms with Crippen LogP contribution < -0.4 is 0 Å². The molecule has 2 aromatic carbocycles. The Bertz CT molecular complexity index is 818. The zero-order valence-corrected chi connectivity index (χ0v) is 14.4. The van der Waals surface area contributed by atoms with Crippen molar-refractivity contribution in [3.63, 3.8) is 0 Å². The smallest absolute Gasteiger partial charge is 0.406 e. The van der Waals surface area contributed by atoms with Gasteiger partial charge in [-0.2, -0.15) is 4.99 Å². The summed E-state index contributed by atoms with van der Waals surface area (Å²) in [7, 11) is -1.86. The molecule has 1 aliphatic heterocycles. The lowest BCUT2D eigenvalue weighted by Crippen LogP contribution is -2.12. The average Bonchev–Trinajstić information content (AvgIpc) is 3.08. The van der Waals surface area contributed by atoms with Gasteiger partial charge in [0.2, 0.25) is 0 Å². The van der Waals surface area contributed by atoms with E-state index >= 15 is 0 Å². The second kappa shape index (κ2) is 5.76. The number of hydrogen-bond donors (Lipinski definition) is 0. The first-order valence-corrected chi connectivity index (χ1v) is 9.47. The van der Waals surface area contributed by atoms with E-state index in [2.05, 4.69) is 29.3 Å². The Morgan fingerprint density at radius 1 is 1.08 bits per heavy atom. The lowest BCUT2D eigenvalue weighted by molar-refractivity contribution is 0.218. The molecule has 1 aliphatic carbocycles. The Morgan fingerprint density at radius 2 is 1.67 bits per heavy atom. The number of nitrogens with zero attached hydrogens (tertiary/aromatic N) is 1.